The van der Waals surface area contributed by atoms with Gasteiger partial charge in [-0.05, 0) is 19.8 Å². The highest BCUT2D eigenvalue weighted by molar-refractivity contribution is 5.38. The Labute approximate surface area is 117 Å². The smallest absolute Gasteiger partial charge is 0.323 e. The number of aromatic nitrogens is 3. The lowest BCUT2D eigenvalue weighted by atomic mass is 9.91. The summed E-state index contributed by atoms with van der Waals surface area (Å²) in [5, 5.41) is 15.7. The molecule has 8 heteroatoms. The van der Waals surface area contributed by atoms with Crippen LogP contribution < -0.4 is 15.4 Å². The summed E-state index contributed by atoms with van der Waals surface area (Å²) >= 11 is 0. The van der Waals surface area contributed by atoms with Crippen molar-refractivity contribution >= 4 is 11.9 Å². The molecule has 1 fully saturated rings. The largest absolute Gasteiger partial charge is 0.464 e. The summed E-state index contributed by atoms with van der Waals surface area (Å²) in [6.07, 6.45) is 1.40. The monoisotopic (exact) mass is 283 g/mol. The predicted octanol–water partition coefficient (Wildman–Crippen LogP) is 0.265. The maximum absolute atomic E-state index is 9.67. The van der Waals surface area contributed by atoms with E-state index in [0.29, 0.717) is 44.6 Å². The van der Waals surface area contributed by atoms with Gasteiger partial charge in [-0.2, -0.15) is 15.0 Å². The lowest BCUT2D eigenvalue weighted by molar-refractivity contribution is 0.0376. The van der Waals surface area contributed by atoms with Crippen molar-refractivity contribution in [2.75, 3.05) is 44.1 Å². The molecule has 0 unspecified atom stereocenters. The minimum atomic E-state index is -0.450. The van der Waals surface area contributed by atoms with Gasteiger partial charge < -0.3 is 25.2 Å². The van der Waals surface area contributed by atoms with E-state index in [-0.39, 0.29) is 12.6 Å². The van der Waals surface area contributed by atoms with E-state index in [2.05, 4.69) is 25.6 Å². The number of anilines is 2. The van der Waals surface area contributed by atoms with Gasteiger partial charge in [0.25, 0.3) is 0 Å². The molecule has 1 aliphatic heterocycles. The minimum absolute atomic E-state index is 0.000891. The molecule has 0 aliphatic carbocycles. The van der Waals surface area contributed by atoms with Gasteiger partial charge in [0, 0.05) is 20.3 Å². The Morgan fingerprint density at radius 2 is 1.95 bits per heavy atom. The molecule has 2 heterocycles. The van der Waals surface area contributed by atoms with E-state index >= 15 is 0 Å². The van der Waals surface area contributed by atoms with Crippen LogP contribution in [-0.4, -0.2) is 59.1 Å². The molecule has 1 aliphatic rings. The van der Waals surface area contributed by atoms with Crippen molar-refractivity contribution in [1.82, 2.24) is 15.0 Å². The van der Waals surface area contributed by atoms with Gasteiger partial charge in [-0.25, -0.2) is 0 Å². The van der Waals surface area contributed by atoms with Crippen molar-refractivity contribution in [3.05, 3.63) is 0 Å². The molecule has 1 aromatic rings. The number of nitrogens with one attached hydrogen (secondary N) is 2. The molecular weight excluding hydrogens is 262 g/mol. The summed E-state index contributed by atoms with van der Waals surface area (Å²) in [6.45, 7) is 3.56. The Morgan fingerprint density at radius 3 is 2.55 bits per heavy atom. The summed E-state index contributed by atoms with van der Waals surface area (Å²) in [7, 11) is 1.73. The van der Waals surface area contributed by atoms with Crippen LogP contribution in [0.3, 0.4) is 0 Å². The maximum Gasteiger partial charge on any atom is 0.323 e. The fraction of sp³-hybridized carbons (Fsp3) is 0.750. The Bertz CT molecular complexity index is 437. The minimum Gasteiger partial charge on any atom is -0.464 e. The van der Waals surface area contributed by atoms with E-state index < -0.39 is 5.54 Å². The lowest BCUT2D eigenvalue weighted by Gasteiger charge is -2.36. The van der Waals surface area contributed by atoms with Crippen LogP contribution in [-0.2, 0) is 4.74 Å². The van der Waals surface area contributed by atoms with Crippen molar-refractivity contribution in [3.63, 3.8) is 0 Å². The normalized spacial score (nSPS) is 17.6. The first-order chi connectivity index (χ1) is 9.71. The lowest BCUT2D eigenvalue weighted by Crippen LogP contribution is -2.47. The molecule has 1 aromatic heterocycles. The van der Waals surface area contributed by atoms with E-state index in [0.717, 1.165) is 0 Å². The Balaban J connectivity index is 2.19. The second kappa shape index (κ2) is 6.67. The van der Waals surface area contributed by atoms with Crippen LogP contribution in [0.15, 0.2) is 0 Å². The highest BCUT2D eigenvalue weighted by Gasteiger charge is 2.33. The second-order valence-corrected chi connectivity index (χ2v) is 4.62. The first-order valence-electron chi connectivity index (χ1n) is 6.75. The first-order valence-corrected chi connectivity index (χ1v) is 6.75. The zero-order valence-corrected chi connectivity index (χ0v) is 11.8. The molecule has 2 rings (SSSR count). The summed E-state index contributed by atoms with van der Waals surface area (Å²) < 4.78 is 10.6. The number of ether oxygens (including phenoxy) is 2. The van der Waals surface area contributed by atoms with Gasteiger partial charge in [0.05, 0.1) is 18.8 Å². The number of hydrogen-bond donors (Lipinski definition) is 3. The highest BCUT2D eigenvalue weighted by Crippen LogP contribution is 2.25. The van der Waals surface area contributed by atoms with Gasteiger partial charge >= 0.3 is 6.01 Å². The van der Waals surface area contributed by atoms with Crippen molar-refractivity contribution in [2.45, 2.75) is 25.3 Å². The van der Waals surface area contributed by atoms with E-state index in [1.807, 2.05) is 6.92 Å². The van der Waals surface area contributed by atoms with Crippen molar-refractivity contribution in [1.29, 1.82) is 0 Å². The van der Waals surface area contributed by atoms with Crippen molar-refractivity contribution in [3.8, 4) is 6.01 Å². The molecular formula is C12H21N5O3. The van der Waals surface area contributed by atoms with Crippen LogP contribution in [0.5, 0.6) is 6.01 Å². The number of rotatable bonds is 6. The standard InChI is InChI=1S/C12H21N5O3/c1-3-20-11-15-9(13-2)14-10(16-11)17-12(8-18)4-6-19-7-5-12/h18H,3-8H2,1-2H3,(H2,13,14,15,16,17). The van der Waals surface area contributed by atoms with E-state index in [9.17, 15) is 5.11 Å². The summed E-state index contributed by atoms with van der Waals surface area (Å²) in [4.78, 5) is 12.6. The first kappa shape index (κ1) is 14.7. The Kier molecular flexibility index (Phi) is 4.91. The number of hydrogen-bond acceptors (Lipinski definition) is 8. The van der Waals surface area contributed by atoms with E-state index in [4.69, 9.17) is 9.47 Å². The average molecular weight is 283 g/mol. The van der Waals surface area contributed by atoms with Gasteiger partial charge in [-0.1, -0.05) is 0 Å². The molecule has 0 amide bonds. The van der Waals surface area contributed by atoms with Gasteiger partial charge in [0.2, 0.25) is 11.9 Å². The van der Waals surface area contributed by atoms with Gasteiger partial charge in [0.1, 0.15) is 0 Å². The molecule has 0 bridgehead atoms. The molecule has 0 radical (unpaired) electrons. The maximum atomic E-state index is 9.67. The molecule has 8 nitrogen and oxygen atoms in total. The molecule has 0 spiro atoms. The average Bonchev–Trinajstić information content (AvgIpc) is 2.48. The van der Waals surface area contributed by atoms with Crippen LogP contribution in [0.25, 0.3) is 0 Å². The van der Waals surface area contributed by atoms with Crippen LogP contribution >= 0.6 is 0 Å². The molecule has 1 saturated heterocycles. The third kappa shape index (κ3) is 3.45. The predicted molar refractivity (Wildman–Crippen MR) is 74.0 cm³/mol. The second-order valence-electron chi connectivity index (χ2n) is 4.62. The van der Waals surface area contributed by atoms with Crippen LogP contribution in [0, 0.1) is 0 Å². The third-order valence-corrected chi connectivity index (χ3v) is 3.24. The van der Waals surface area contributed by atoms with E-state index in [1.54, 1.807) is 7.05 Å². The zero-order valence-electron chi connectivity index (χ0n) is 11.8. The van der Waals surface area contributed by atoms with Gasteiger partial charge in [-0.15, -0.1) is 0 Å². The topological polar surface area (TPSA) is 101 Å². The third-order valence-electron chi connectivity index (χ3n) is 3.24. The SMILES string of the molecule is CCOc1nc(NC)nc(NC2(CO)CCOCC2)n1. The highest BCUT2D eigenvalue weighted by atomic mass is 16.5. The number of aliphatic hydroxyl groups is 1. The number of aliphatic hydroxyl groups excluding tert-OH is 1. The Hall–Kier alpha value is -1.67. The van der Waals surface area contributed by atoms with Crippen molar-refractivity contribution < 1.29 is 14.6 Å². The van der Waals surface area contributed by atoms with E-state index in [1.165, 1.54) is 0 Å². The molecule has 20 heavy (non-hydrogen) atoms. The number of nitrogens with zero attached hydrogens (tertiary/aromatic N) is 3. The quantitative estimate of drug-likeness (QED) is 0.683. The van der Waals surface area contributed by atoms with Crippen LogP contribution in [0.2, 0.25) is 0 Å². The fourth-order valence-corrected chi connectivity index (χ4v) is 2.04. The van der Waals surface area contributed by atoms with Crippen LogP contribution in [0.1, 0.15) is 19.8 Å². The zero-order chi connectivity index (χ0) is 14.4. The summed E-state index contributed by atoms with van der Waals surface area (Å²) in [5.41, 5.74) is -0.450. The van der Waals surface area contributed by atoms with Crippen molar-refractivity contribution in [2.24, 2.45) is 0 Å². The summed E-state index contributed by atoms with van der Waals surface area (Å²) in [5.74, 6) is 0.815. The molecule has 0 atom stereocenters. The Morgan fingerprint density at radius 1 is 1.25 bits per heavy atom. The molecule has 0 saturated carbocycles. The molecule has 112 valence electrons. The van der Waals surface area contributed by atoms with Gasteiger partial charge in [0.15, 0.2) is 0 Å². The fourth-order valence-electron chi connectivity index (χ4n) is 2.04. The molecule has 0 aromatic carbocycles. The summed E-state index contributed by atoms with van der Waals surface area (Å²) in [6, 6.07) is 0.259. The molecule has 3 N–H and O–H groups in total. The van der Waals surface area contributed by atoms with Gasteiger partial charge in [-0.3, -0.25) is 0 Å². The van der Waals surface area contributed by atoms with Crippen LogP contribution in [0.4, 0.5) is 11.9 Å².